The topological polar surface area (TPSA) is 25.8 Å². The van der Waals surface area contributed by atoms with Gasteiger partial charge in [0.05, 0.1) is 0 Å². The molecule has 0 N–H and O–H groups in total. The molecule has 21 fully saturated rings. The Morgan fingerprint density at radius 1 is 0.354 bits per heavy atom. The van der Waals surface area contributed by atoms with Gasteiger partial charge in [0.1, 0.15) is 0 Å². The van der Waals surface area contributed by atoms with Crippen molar-refractivity contribution in [2.75, 3.05) is 0 Å². The number of hydrogen-bond acceptors (Lipinski definition) is 2. The van der Waals surface area contributed by atoms with Crippen LogP contribution in [0.2, 0.25) is 0 Å². The van der Waals surface area contributed by atoms with E-state index in [1.165, 1.54) is 340 Å². The molecule has 1 radical (unpaired) electrons. The maximum atomic E-state index is 6.03. The quantitative estimate of drug-likeness (QED) is 0.106. The van der Waals surface area contributed by atoms with Crippen molar-refractivity contribution >= 4 is 43.1 Å². The molecule has 743 valence electrons. The summed E-state index contributed by atoms with van der Waals surface area (Å²) < 4.78 is 0. The van der Waals surface area contributed by atoms with Gasteiger partial charge in [0, 0.05) is 37.9 Å². The summed E-state index contributed by atoms with van der Waals surface area (Å²) in [6.45, 7) is 18.5. The molecule has 32 aliphatic rings. The molecule has 2 aromatic heterocycles. The summed E-state index contributed by atoms with van der Waals surface area (Å²) in [6.07, 6.45) is 56.2. The molecule has 2 nitrogen and oxygen atoms in total. The Bertz CT molecular complexity index is 8010. The van der Waals surface area contributed by atoms with E-state index >= 15 is 0 Å². The first kappa shape index (κ1) is 86.9. The van der Waals surface area contributed by atoms with Crippen LogP contribution in [0, 0.1) is 134 Å². The first-order valence-corrected chi connectivity index (χ1v) is 60.8. The van der Waals surface area contributed by atoms with Gasteiger partial charge in [0.15, 0.2) is 0 Å². The van der Waals surface area contributed by atoms with E-state index in [-0.39, 0.29) is 36.4 Å². The van der Waals surface area contributed by atoms with Crippen molar-refractivity contribution in [1.82, 2.24) is 9.97 Å². The van der Waals surface area contributed by atoms with Crippen LogP contribution in [0.5, 0.6) is 0 Å². The Morgan fingerprint density at radius 3 is 1.51 bits per heavy atom. The minimum atomic E-state index is 0. The van der Waals surface area contributed by atoms with Crippen LogP contribution in [-0.4, -0.2) is 9.97 Å². The van der Waals surface area contributed by atoms with Crippen LogP contribution in [0.3, 0.4) is 0 Å². The average molecular weight is 2100 g/mol. The monoisotopic (exact) mass is 2100 g/mol. The number of fused-ring (bicyclic) bond motifs is 34. The van der Waals surface area contributed by atoms with Gasteiger partial charge in [0.2, 0.25) is 0 Å². The van der Waals surface area contributed by atoms with Gasteiger partial charge in [-0.1, -0.05) is 226 Å². The molecule has 0 saturated heterocycles. The van der Waals surface area contributed by atoms with Crippen LogP contribution in [-0.2, 0) is 61.0 Å². The maximum Gasteiger partial charge on any atom is 0.0198 e. The van der Waals surface area contributed by atoms with Gasteiger partial charge in [0.25, 0.3) is 0 Å². The van der Waals surface area contributed by atoms with Gasteiger partial charge in [-0.25, -0.2) is 0 Å². The molecule has 3 spiro atoms. The van der Waals surface area contributed by atoms with Crippen molar-refractivity contribution < 1.29 is 20.1 Å². The van der Waals surface area contributed by atoms with Gasteiger partial charge in [-0.2, -0.15) is 0 Å². The SMILES string of the molecule is CC1(C)CC2CC(C1)C2C1(C2CCC3CC2C3(C)C)c2c(ncc3c2CC2CC3C2(C)C)-c2[c-]cc3c(c21)C1CC2(CC4CCC32C4)C1.CC1(c2ccc(-c3c4cc5cc6c(cc5cc4c(-c4ccccc4)c4c(-c5ccccc5)c5cc7c(cc5c(-c5ccccc5)c34)C3CCC7C3)C3CCC6C3)cc2)C2Cc3c(cnc4c3C(C3CC5CC(C5)C3)(C3CCC5CC3C5)c3c-4[c-]cc4c3CC35CCCCC3C4C5)C1C2.[Ir]. The van der Waals surface area contributed by atoms with Gasteiger partial charge in [-0.15, -0.1) is 68.8 Å². The summed E-state index contributed by atoms with van der Waals surface area (Å²) in [5.41, 5.74) is 49.8. The molecule has 3 heteroatoms. The van der Waals surface area contributed by atoms with E-state index in [9.17, 15) is 0 Å². The zero-order valence-corrected chi connectivity index (χ0v) is 90.7. The Hall–Kier alpha value is -8.59. The summed E-state index contributed by atoms with van der Waals surface area (Å²) in [7, 11) is 0. The van der Waals surface area contributed by atoms with E-state index in [0.29, 0.717) is 73.9 Å². The van der Waals surface area contributed by atoms with Gasteiger partial charge < -0.3 is 9.97 Å². The standard InChI is InChI=1S/C97H88N.C47H58N.Ir/c1-95(67-45-79-82(85(95)46-67)51-98-94-70-30-29-69-80-49-96(32-12-11-19-84(80)96)50-81(69)92(70)97(93(79)94,68-37-53-33-54(34-53)38-68)83-31-20-52-35-65(83)36-52)66-27-25-58(26-28-66)89-76-44-64-42-72-60-22-21-59(39-60)71(72)41-63(64)43-75(76)86(55-13-5-2-6-14-55)90-87(56-15-7-3-8-16-56)77-47-73-61-23-24-62(40-61)74(73)48-78(77)88(91(89)90)57-17-9-4-10-18-57;1-42(2)19-25-13-26(20-42)38(25)47(33-9-7-28-15-36(33)43(28,3)4)39-30(41-40(47)31-14-29-16-35(44(29,5)6)32(31)23-48-41)8-10-34-37(39)27-21-45(22-27)17-24-11-12-46(34,45)18-24;/h2-10,13-18,25-29,41-44,47-48,51-54,59-62,65,67-68,80,83-85H,11-12,19-24,31-40,45-46,49-50H2,1H3;10,23-29,33,35-36,38H,7,9,11-22H2,1-6H3;/q2*-1;. The van der Waals surface area contributed by atoms with Crippen molar-refractivity contribution in [3.63, 3.8) is 0 Å². The number of rotatable bonds is 9. The summed E-state index contributed by atoms with van der Waals surface area (Å²) in [5, 5.41) is 11.1. The van der Waals surface area contributed by atoms with E-state index in [1.807, 2.05) is 38.9 Å². The third-order valence-corrected chi connectivity index (χ3v) is 53.1. The number of aromatic nitrogens is 2. The summed E-state index contributed by atoms with van der Waals surface area (Å²) in [5.74, 6) is 19.0. The number of pyridine rings is 2. The Balaban J connectivity index is 0.000000152. The second kappa shape index (κ2) is 28.9. The number of hydrogen-bond donors (Lipinski definition) is 0. The largest absolute Gasteiger partial charge is 0.304 e. The minimum absolute atomic E-state index is 0. The van der Waals surface area contributed by atoms with Crippen LogP contribution >= 0.6 is 0 Å². The van der Waals surface area contributed by atoms with Gasteiger partial charge in [-0.05, 0) is 551 Å². The predicted molar refractivity (Wildman–Crippen MR) is 593 cm³/mol. The van der Waals surface area contributed by atoms with Crippen LogP contribution in [0.25, 0.3) is 110 Å². The molecule has 13 aromatic rings. The predicted octanol–water partition coefficient (Wildman–Crippen LogP) is 36.2. The fourth-order valence-electron chi connectivity index (χ4n) is 47.0. The fraction of sp³-hybridized carbons (Fsp3) is 0.528. The Kier molecular flexibility index (Phi) is 17.1. The van der Waals surface area contributed by atoms with E-state index in [0.717, 1.165) is 101 Å². The molecular formula is C144H146IrN2-2. The molecule has 22 bridgehead atoms. The summed E-state index contributed by atoms with van der Waals surface area (Å²) in [6, 6.07) is 75.5. The zero-order chi connectivity index (χ0) is 95.5. The fourth-order valence-corrected chi connectivity index (χ4v) is 47.0. The van der Waals surface area contributed by atoms with Crippen molar-refractivity contribution in [3.05, 3.63) is 283 Å². The van der Waals surface area contributed by atoms with Crippen molar-refractivity contribution in [1.29, 1.82) is 0 Å². The van der Waals surface area contributed by atoms with Crippen molar-refractivity contribution in [2.24, 2.45) is 122 Å². The first-order chi connectivity index (χ1) is 71.2. The Labute approximate surface area is 886 Å². The van der Waals surface area contributed by atoms with Crippen LogP contribution in [0.4, 0.5) is 0 Å². The van der Waals surface area contributed by atoms with Crippen LogP contribution in [0.15, 0.2) is 176 Å². The minimum Gasteiger partial charge on any atom is -0.304 e. The molecule has 22 unspecified atom stereocenters. The average Bonchev–Trinajstić information content (AvgIpc) is 1.46. The van der Waals surface area contributed by atoms with Crippen LogP contribution < -0.4 is 0 Å². The summed E-state index contributed by atoms with van der Waals surface area (Å²) >= 11 is 0. The molecule has 22 atom stereocenters. The van der Waals surface area contributed by atoms with Gasteiger partial charge >= 0.3 is 0 Å². The number of benzene rings is 11. The van der Waals surface area contributed by atoms with Crippen molar-refractivity contribution in [3.8, 4) is 67.0 Å². The molecule has 32 aliphatic carbocycles. The molecule has 2 heterocycles. The molecule has 45 rings (SSSR count). The Morgan fingerprint density at radius 2 is 0.918 bits per heavy atom. The smallest absolute Gasteiger partial charge is 0.0198 e. The second-order valence-corrected chi connectivity index (χ2v) is 59.0. The molecule has 21 saturated carbocycles. The molecule has 0 amide bonds. The maximum absolute atomic E-state index is 6.03. The molecule has 0 aliphatic heterocycles. The summed E-state index contributed by atoms with van der Waals surface area (Å²) in [4.78, 5) is 11.8. The zero-order valence-electron chi connectivity index (χ0n) is 88.3. The van der Waals surface area contributed by atoms with E-state index in [2.05, 4.69) is 237 Å². The molecule has 147 heavy (non-hydrogen) atoms. The first-order valence-electron chi connectivity index (χ1n) is 60.8. The van der Waals surface area contributed by atoms with E-state index in [1.54, 1.807) is 56.5 Å². The van der Waals surface area contributed by atoms with Gasteiger partial charge in [-0.3, -0.25) is 0 Å². The normalized spacial score (nSPS) is 39.8. The van der Waals surface area contributed by atoms with Crippen LogP contribution in [0.1, 0.15) is 402 Å². The van der Waals surface area contributed by atoms with Crippen molar-refractivity contribution in [2.45, 2.75) is 349 Å². The van der Waals surface area contributed by atoms with E-state index < -0.39 is 0 Å². The van der Waals surface area contributed by atoms with E-state index in [4.69, 9.17) is 9.97 Å². The third kappa shape index (κ3) is 10.5. The number of nitrogens with zero attached hydrogens (tertiary/aromatic N) is 2. The third-order valence-electron chi connectivity index (χ3n) is 53.1. The molecule has 11 aromatic carbocycles. The second-order valence-electron chi connectivity index (χ2n) is 59.0. The molecular weight excluding hydrogens is 1950 g/mol.